The fourth-order valence-corrected chi connectivity index (χ4v) is 3.89. The zero-order valence-electron chi connectivity index (χ0n) is 12.2. The number of rotatable bonds is 4. The second-order valence-electron chi connectivity index (χ2n) is 6.09. The van der Waals surface area contributed by atoms with E-state index < -0.39 is 0 Å². The molecule has 2 fully saturated rings. The van der Waals surface area contributed by atoms with Crippen LogP contribution in [0.4, 0.5) is 0 Å². The Kier molecular flexibility index (Phi) is 3.49. The molecular weight excluding hydrogens is 262 g/mol. The minimum atomic E-state index is 0.687. The monoisotopic (exact) mass is 283 g/mol. The third-order valence-corrected chi connectivity index (χ3v) is 4.85. The molecule has 21 heavy (non-hydrogen) atoms. The van der Waals surface area contributed by atoms with Crippen molar-refractivity contribution in [2.24, 2.45) is 0 Å². The SMILES string of the molecule is c1cncc(CN2CC[C@@H]3[C@@H]2CCN3Cc2ccco2)c1. The van der Waals surface area contributed by atoms with Crippen LogP contribution >= 0.6 is 0 Å². The van der Waals surface area contributed by atoms with Gasteiger partial charge in [-0.2, -0.15) is 0 Å². The number of likely N-dealkylation sites (tertiary alicyclic amines) is 2. The number of hydrogen-bond acceptors (Lipinski definition) is 4. The average molecular weight is 283 g/mol. The van der Waals surface area contributed by atoms with E-state index in [9.17, 15) is 0 Å². The number of hydrogen-bond donors (Lipinski definition) is 0. The number of furan rings is 1. The maximum atomic E-state index is 5.50. The minimum absolute atomic E-state index is 0.687. The summed E-state index contributed by atoms with van der Waals surface area (Å²) in [4.78, 5) is 9.45. The number of pyridine rings is 1. The topological polar surface area (TPSA) is 32.5 Å². The van der Waals surface area contributed by atoms with Gasteiger partial charge < -0.3 is 4.42 Å². The van der Waals surface area contributed by atoms with Gasteiger partial charge in [0.05, 0.1) is 12.8 Å². The van der Waals surface area contributed by atoms with Crippen LogP contribution in [0.1, 0.15) is 24.2 Å². The second-order valence-corrected chi connectivity index (χ2v) is 6.09. The molecule has 2 aromatic rings. The van der Waals surface area contributed by atoms with Gasteiger partial charge >= 0.3 is 0 Å². The van der Waals surface area contributed by atoms with E-state index >= 15 is 0 Å². The van der Waals surface area contributed by atoms with E-state index in [2.05, 4.69) is 26.9 Å². The van der Waals surface area contributed by atoms with Gasteiger partial charge in [-0.1, -0.05) is 6.07 Å². The molecule has 0 N–H and O–H groups in total. The minimum Gasteiger partial charge on any atom is -0.468 e. The standard InChI is InChI=1S/C17H21N3O/c1-3-14(11-18-7-1)12-19-8-5-17-16(19)6-9-20(17)13-15-4-2-10-21-15/h1-4,7,10-11,16-17H,5-6,8-9,12-13H2/t16-,17+/m0/s1. The highest BCUT2D eigenvalue weighted by Gasteiger charge is 2.42. The van der Waals surface area contributed by atoms with Gasteiger partial charge in [0.15, 0.2) is 0 Å². The smallest absolute Gasteiger partial charge is 0.117 e. The quantitative estimate of drug-likeness (QED) is 0.863. The molecule has 0 radical (unpaired) electrons. The molecule has 110 valence electrons. The van der Waals surface area contributed by atoms with Crippen LogP contribution in [-0.2, 0) is 13.1 Å². The Hall–Kier alpha value is -1.65. The molecule has 0 bridgehead atoms. The van der Waals surface area contributed by atoms with E-state index in [0.717, 1.165) is 18.8 Å². The van der Waals surface area contributed by atoms with E-state index in [1.165, 1.54) is 31.5 Å². The van der Waals surface area contributed by atoms with Gasteiger partial charge in [-0.3, -0.25) is 14.8 Å². The van der Waals surface area contributed by atoms with Crippen molar-refractivity contribution in [3.8, 4) is 0 Å². The van der Waals surface area contributed by atoms with Crippen molar-refractivity contribution < 1.29 is 4.42 Å². The van der Waals surface area contributed by atoms with Crippen molar-refractivity contribution in [1.82, 2.24) is 14.8 Å². The Bertz CT molecular complexity index is 569. The van der Waals surface area contributed by atoms with Gasteiger partial charge in [0.1, 0.15) is 5.76 Å². The summed E-state index contributed by atoms with van der Waals surface area (Å²) in [5.74, 6) is 1.08. The molecule has 0 saturated carbocycles. The molecule has 4 heteroatoms. The summed E-state index contributed by atoms with van der Waals surface area (Å²) in [5.41, 5.74) is 1.32. The van der Waals surface area contributed by atoms with Crippen molar-refractivity contribution in [2.45, 2.75) is 38.0 Å². The van der Waals surface area contributed by atoms with Crippen LogP contribution in [0.3, 0.4) is 0 Å². The first-order valence-electron chi connectivity index (χ1n) is 7.79. The molecule has 0 aliphatic carbocycles. The van der Waals surface area contributed by atoms with E-state index in [1.807, 2.05) is 24.5 Å². The van der Waals surface area contributed by atoms with Gasteiger partial charge in [-0.25, -0.2) is 0 Å². The van der Waals surface area contributed by atoms with E-state index in [0.29, 0.717) is 12.1 Å². The third kappa shape index (κ3) is 2.61. The lowest BCUT2D eigenvalue weighted by molar-refractivity contribution is 0.203. The summed E-state index contributed by atoms with van der Waals surface area (Å²) in [6.45, 7) is 4.36. The Morgan fingerprint density at radius 3 is 2.52 bits per heavy atom. The molecule has 0 amide bonds. The average Bonchev–Trinajstić information content (AvgIpc) is 3.21. The summed E-state index contributed by atoms with van der Waals surface area (Å²) in [6.07, 6.45) is 8.14. The summed E-state index contributed by atoms with van der Waals surface area (Å²) < 4.78 is 5.50. The number of aromatic nitrogens is 1. The van der Waals surface area contributed by atoms with Crippen LogP contribution in [0, 0.1) is 0 Å². The largest absolute Gasteiger partial charge is 0.468 e. The molecule has 4 rings (SSSR count). The van der Waals surface area contributed by atoms with Crippen molar-refractivity contribution in [3.05, 3.63) is 54.2 Å². The highest BCUT2D eigenvalue weighted by Crippen LogP contribution is 2.33. The maximum Gasteiger partial charge on any atom is 0.117 e. The molecule has 4 heterocycles. The summed E-state index contributed by atoms with van der Waals surface area (Å²) in [5, 5.41) is 0. The van der Waals surface area contributed by atoms with Crippen LogP contribution in [0.2, 0.25) is 0 Å². The van der Waals surface area contributed by atoms with Crippen LogP contribution in [0.25, 0.3) is 0 Å². The highest BCUT2D eigenvalue weighted by molar-refractivity contribution is 5.11. The Morgan fingerprint density at radius 2 is 1.86 bits per heavy atom. The van der Waals surface area contributed by atoms with Crippen molar-refractivity contribution in [1.29, 1.82) is 0 Å². The predicted octanol–water partition coefficient (Wildman–Crippen LogP) is 2.52. The molecule has 2 atom stereocenters. The summed E-state index contributed by atoms with van der Waals surface area (Å²) in [7, 11) is 0. The highest BCUT2D eigenvalue weighted by atomic mass is 16.3. The molecule has 2 aliphatic heterocycles. The van der Waals surface area contributed by atoms with Gasteiger partial charge in [0, 0.05) is 44.1 Å². The van der Waals surface area contributed by atoms with Crippen LogP contribution < -0.4 is 0 Å². The molecular formula is C17H21N3O. The number of fused-ring (bicyclic) bond motifs is 1. The first kappa shape index (κ1) is 13.0. The lowest BCUT2D eigenvalue weighted by Gasteiger charge is -2.25. The maximum absolute atomic E-state index is 5.50. The van der Waals surface area contributed by atoms with Gasteiger partial charge in [0.25, 0.3) is 0 Å². The second kappa shape index (κ2) is 5.62. The van der Waals surface area contributed by atoms with E-state index in [1.54, 1.807) is 6.26 Å². The molecule has 0 unspecified atom stereocenters. The van der Waals surface area contributed by atoms with E-state index in [-0.39, 0.29) is 0 Å². The molecule has 2 aromatic heterocycles. The fourth-order valence-electron chi connectivity index (χ4n) is 3.89. The van der Waals surface area contributed by atoms with Crippen LogP contribution in [-0.4, -0.2) is 40.0 Å². The van der Waals surface area contributed by atoms with Crippen molar-refractivity contribution >= 4 is 0 Å². The Morgan fingerprint density at radius 1 is 1.05 bits per heavy atom. The zero-order valence-corrected chi connectivity index (χ0v) is 12.2. The fraction of sp³-hybridized carbons (Fsp3) is 0.471. The van der Waals surface area contributed by atoms with Crippen LogP contribution in [0.15, 0.2) is 47.3 Å². The lowest BCUT2D eigenvalue weighted by atomic mass is 10.1. The lowest BCUT2D eigenvalue weighted by Crippen LogP contribution is -2.35. The molecule has 0 aromatic carbocycles. The van der Waals surface area contributed by atoms with Gasteiger partial charge in [-0.15, -0.1) is 0 Å². The van der Waals surface area contributed by atoms with E-state index in [4.69, 9.17) is 4.42 Å². The summed E-state index contributed by atoms with van der Waals surface area (Å²) >= 11 is 0. The van der Waals surface area contributed by atoms with Crippen molar-refractivity contribution in [2.75, 3.05) is 13.1 Å². The number of nitrogens with zero attached hydrogens (tertiary/aromatic N) is 3. The molecule has 2 saturated heterocycles. The molecule has 0 spiro atoms. The Labute approximate surface area is 125 Å². The van der Waals surface area contributed by atoms with Crippen molar-refractivity contribution in [3.63, 3.8) is 0 Å². The molecule has 2 aliphatic rings. The first-order chi connectivity index (χ1) is 10.4. The Balaban J connectivity index is 1.41. The zero-order chi connectivity index (χ0) is 14.1. The predicted molar refractivity (Wildman–Crippen MR) is 80.6 cm³/mol. The van der Waals surface area contributed by atoms with Gasteiger partial charge in [-0.05, 0) is 36.6 Å². The first-order valence-corrected chi connectivity index (χ1v) is 7.79. The van der Waals surface area contributed by atoms with Crippen LogP contribution in [0.5, 0.6) is 0 Å². The normalized spacial score (nSPS) is 26.3. The molecule has 4 nitrogen and oxygen atoms in total. The van der Waals surface area contributed by atoms with Gasteiger partial charge in [0.2, 0.25) is 0 Å². The third-order valence-electron chi connectivity index (χ3n) is 4.85. The summed E-state index contributed by atoms with van der Waals surface area (Å²) in [6, 6.07) is 9.64.